The molecule has 0 bridgehead atoms. The Morgan fingerprint density at radius 2 is 1.61 bits per heavy atom. The van der Waals surface area contributed by atoms with E-state index in [4.69, 9.17) is 4.74 Å². The molecule has 3 N–H and O–H groups in total. The predicted octanol–water partition coefficient (Wildman–Crippen LogP) is 2.99. The Morgan fingerprint density at radius 3 is 2.19 bits per heavy atom. The number of benzene rings is 2. The molecule has 0 spiro atoms. The highest BCUT2D eigenvalue weighted by Gasteiger charge is 2.20. The zero-order valence-corrected chi connectivity index (χ0v) is 18.4. The highest BCUT2D eigenvalue weighted by Crippen LogP contribution is 2.17. The summed E-state index contributed by atoms with van der Waals surface area (Å²) in [6.45, 7) is 4.51. The summed E-state index contributed by atoms with van der Waals surface area (Å²) in [5.41, 5.74) is 1.50. The molecule has 2 aromatic rings. The molecule has 31 heavy (non-hydrogen) atoms. The molecule has 9 heteroatoms. The molecular formula is C22H27N3O5S. The fourth-order valence-electron chi connectivity index (χ4n) is 3.00. The first-order chi connectivity index (χ1) is 14.7. The lowest BCUT2D eigenvalue weighted by molar-refractivity contribution is -0.118. The number of amides is 2. The average molecular weight is 446 g/mol. The van der Waals surface area contributed by atoms with Crippen molar-refractivity contribution in [1.29, 1.82) is 0 Å². The fraction of sp³-hybridized carbons (Fsp3) is 0.364. The minimum Gasteiger partial charge on any atom is -0.377 e. The molecule has 0 aliphatic carbocycles. The summed E-state index contributed by atoms with van der Waals surface area (Å²) < 4.78 is 32.8. The standard InChI is InChI=1S/C22H27N3O5S/c1-15(2)21(26)24-17-7-5-16(6-8-17)22(27)25-18-9-11-20(12-10-18)31(28,29)23-14-19-4-3-13-30-19/h5-12,15,19,23H,3-4,13-14H2,1-2H3,(H,24,26)(H,25,27). The van der Waals surface area contributed by atoms with Crippen LogP contribution in [0.2, 0.25) is 0 Å². The third kappa shape index (κ3) is 6.36. The van der Waals surface area contributed by atoms with E-state index in [1.54, 1.807) is 38.1 Å². The van der Waals surface area contributed by atoms with Crippen molar-refractivity contribution in [2.75, 3.05) is 23.8 Å². The van der Waals surface area contributed by atoms with Gasteiger partial charge in [-0.25, -0.2) is 13.1 Å². The quantitative estimate of drug-likeness (QED) is 0.578. The molecule has 1 atom stereocenters. The van der Waals surface area contributed by atoms with Crippen LogP contribution in [0.4, 0.5) is 11.4 Å². The van der Waals surface area contributed by atoms with Crippen molar-refractivity contribution in [3.63, 3.8) is 0 Å². The zero-order chi connectivity index (χ0) is 22.4. The number of sulfonamides is 1. The zero-order valence-electron chi connectivity index (χ0n) is 17.6. The monoisotopic (exact) mass is 445 g/mol. The fourth-order valence-corrected chi connectivity index (χ4v) is 4.07. The van der Waals surface area contributed by atoms with E-state index in [0.29, 0.717) is 23.5 Å². The maximum atomic E-state index is 12.4. The van der Waals surface area contributed by atoms with Gasteiger partial charge in [0.2, 0.25) is 15.9 Å². The Hall–Kier alpha value is -2.75. The summed E-state index contributed by atoms with van der Waals surface area (Å²) in [5.74, 6) is -0.577. The maximum Gasteiger partial charge on any atom is 0.255 e. The summed E-state index contributed by atoms with van der Waals surface area (Å²) in [6.07, 6.45) is 1.70. The Balaban J connectivity index is 1.57. The summed E-state index contributed by atoms with van der Waals surface area (Å²) in [7, 11) is -3.64. The van der Waals surface area contributed by atoms with E-state index in [-0.39, 0.29) is 35.3 Å². The normalized spacial score (nSPS) is 16.3. The van der Waals surface area contributed by atoms with E-state index in [1.807, 2.05) is 0 Å². The lowest BCUT2D eigenvalue weighted by Gasteiger charge is -2.12. The smallest absolute Gasteiger partial charge is 0.255 e. The number of carbonyl (C=O) groups is 2. The lowest BCUT2D eigenvalue weighted by atomic mass is 10.1. The minimum atomic E-state index is -3.64. The highest BCUT2D eigenvalue weighted by atomic mass is 32.2. The van der Waals surface area contributed by atoms with Crippen LogP contribution in [-0.4, -0.2) is 39.5 Å². The van der Waals surface area contributed by atoms with E-state index in [9.17, 15) is 18.0 Å². The molecule has 8 nitrogen and oxygen atoms in total. The molecule has 0 aromatic heterocycles. The molecule has 1 fully saturated rings. The number of carbonyl (C=O) groups excluding carboxylic acids is 2. The van der Waals surface area contributed by atoms with Gasteiger partial charge in [0.1, 0.15) is 0 Å². The molecule has 166 valence electrons. The molecule has 0 saturated carbocycles. The minimum absolute atomic E-state index is 0.0848. The van der Waals surface area contributed by atoms with Crippen molar-refractivity contribution in [1.82, 2.24) is 4.72 Å². The molecule has 1 aliphatic heterocycles. The highest BCUT2D eigenvalue weighted by molar-refractivity contribution is 7.89. The van der Waals surface area contributed by atoms with Crippen molar-refractivity contribution >= 4 is 33.2 Å². The number of ether oxygens (including phenoxy) is 1. The number of hydrogen-bond donors (Lipinski definition) is 3. The second-order valence-electron chi connectivity index (χ2n) is 7.69. The van der Waals surface area contributed by atoms with E-state index in [0.717, 1.165) is 12.8 Å². The molecule has 0 radical (unpaired) electrons. The van der Waals surface area contributed by atoms with E-state index >= 15 is 0 Å². The lowest BCUT2D eigenvalue weighted by Crippen LogP contribution is -2.31. The summed E-state index contributed by atoms with van der Waals surface area (Å²) in [5, 5.41) is 5.49. The first-order valence-corrected chi connectivity index (χ1v) is 11.7. The van der Waals surface area contributed by atoms with Crippen LogP contribution in [0.1, 0.15) is 37.0 Å². The number of hydrogen-bond acceptors (Lipinski definition) is 5. The van der Waals surface area contributed by atoms with Gasteiger partial charge in [-0.05, 0) is 61.4 Å². The van der Waals surface area contributed by atoms with Gasteiger partial charge in [-0.1, -0.05) is 13.8 Å². The van der Waals surface area contributed by atoms with Crippen LogP contribution in [0, 0.1) is 5.92 Å². The second-order valence-corrected chi connectivity index (χ2v) is 9.45. The van der Waals surface area contributed by atoms with Crippen LogP contribution in [-0.2, 0) is 19.6 Å². The van der Waals surface area contributed by atoms with Gasteiger partial charge >= 0.3 is 0 Å². The summed E-state index contributed by atoms with van der Waals surface area (Å²) in [4.78, 5) is 24.3. The van der Waals surface area contributed by atoms with Gasteiger partial charge in [-0.3, -0.25) is 9.59 Å². The largest absolute Gasteiger partial charge is 0.377 e. The van der Waals surface area contributed by atoms with Gasteiger partial charge in [0.05, 0.1) is 11.0 Å². The number of nitrogens with one attached hydrogen (secondary N) is 3. The van der Waals surface area contributed by atoms with E-state index in [2.05, 4.69) is 15.4 Å². The van der Waals surface area contributed by atoms with E-state index < -0.39 is 10.0 Å². The SMILES string of the molecule is CC(C)C(=O)Nc1ccc(C(=O)Nc2ccc(S(=O)(=O)NCC3CCCO3)cc2)cc1. The van der Waals surface area contributed by atoms with E-state index in [1.165, 1.54) is 24.3 Å². The van der Waals surface area contributed by atoms with Gasteiger partial charge < -0.3 is 15.4 Å². The van der Waals surface area contributed by atoms with Gasteiger partial charge in [0.25, 0.3) is 5.91 Å². The topological polar surface area (TPSA) is 114 Å². The van der Waals surface area contributed by atoms with Gasteiger partial charge in [-0.15, -0.1) is 0 Å². The van der Waals surface area contributed by atoms with Crippen LogP contribution in [0.25, 0.3) is 0 Å². The first-order valence-electron chi connectivity index (χ1n) is 10.2. The van der Waals surface area contributed by atoms with Gasteiger partial charge in [0.15, 0.2) is 0 Å². The van der Waals surface area contributed by atoms with Crippen LogP contribution in [0.3, 0.4) is 0 Å². The number of anilines is 2. The molecule has 1 heterocycles. The molecule has 1 unspecified atom stereocenters. The second kappa shape index (κ2) is 10.0. The summed E-state index contributed by atoms with van der Waals surface area (Å²) in [6, 6.07) is 12.5. The number of rotatable bonds is 8. The van der Waals surface area contributed by atoms with Crippen molar-refractivity contribution in [3.05, 3.63) is 54.1 Å². The van der Waals surface area contributed by atoms with Crippen molar-refractivity contribution in [3.8, 4) is 0 Å². The molecule has 3 rings (SSSR count). The van der Waals surface area contributed by atoms with Crippen LogP contribution in [0.5, 0.6) is 0 Å². The molecule has 2 aromatic carbocycles. The van der Waals surface area contributed by atoms with Crippen LogP contribution >= 0.6 is 0 Å². The average Bonchev–Trinajstić information content (AvgIpc) is 3.27. The van der Waals surface area contributed by atoms with Gasteiger partial charge in [0, 0.05) is 36.0 Å². The predicted molar refractivity (Wildman–Crippen MR) is 118 cm³/mol. The van der Waals surface area contributed by atoms with Crippen molar-refractivity contribution in [2.45, 2.75) is 37.7 Å². The Morgan fingerprint density at radius 1 is 1.00 bits per heavy atom. The maximum absolute atomic E-state index is 12.4. The Kier molecular flexibility index (Phi) is 7.42. The Labute approximate surface area is 182 Å². The Bertz CT molecular complexity index is 1010. The first kappa shape index (κ1) is 22.9. The molecule has 1 aliphatic rings. The van der Waals surface area contributed by atoms with Crippen LogP contribution < -0.4 is 15.4 Å². The third-order valence-electron chi connectivity index (χ3n) is 4.89. The third-order valence-corrected chi connectivity index (χ3v) is 6.33. The van der Waals surface area contributed by atoms with Gasteiger partial charge in [-0.2, -0.15) is 0 Å². The van der Waals surface area contributed by atoms with Crippen LogP contribution in [0.15, 0.2) is 53.4 Å². The summed E-state index contributed by atoms with van der Waals surface area (Å²) >= 11 is 0. The van der Waals surface area contributed by atoms with Crippen molar-refractivity contribution in [2.24, 2.45) is 5.92 Å². The van der Waals surface area contributed by atoms with Crippen molar-refractivity contribution < 1.29 is 22.7 Å². The molecule has 1 saturated heterocycles. The molecule has 2 amide bonds. The molecular weight excluding hydrogens is 418 g/mol.